The van der Waals surface area contributed by atoms with E-state index in [2.05, 4.69) is 19.2 Å². The third kappa shape index (κ3) is 8.99. The summed E-state index contributed by atoms with van der Waals surface area (Å²) in [4.78, 5) is 21.3. The van der Waals surface area contributed by atoms with Gasteiger partial charge in [-0.3, -0.25) is 14.9 Å². The molecule has 5 heteroatoms. The molecule has 5 nitrogen and oxygen atoms in total. The zero-order valence-corrected chi connectivity index (χ0v) is 8.71. The summed E-state index contributed by atoms with van der Waals surface area (Å²) < 4.78 is 4.88. The smallest absolute Gasteiger partial charge is 0.319 e. The molecule has 0 radical (unpaired) electrons. The van der Waals surface area contributed by atoms with Crippen LogP contribution in [0.2, 0.25) is 0 Å². The van der Waals surface area contributed by atoms with E-state index in [0.29, 0.717) is 12.5 Å². The molecule has 0 aromatic carbocycles. The highest BCUT2D eigenvalue weighted by atomic mass is 16.5. The highest BCUT2D eigenvalue weighted by molar-refractivity contribution is 5.77. The fraction of sp³-hybridized carbons (Fsp3) is 0.778. The van der Waals surface area contributed by atoms with Crippen molar-refractivity contribution in [3.05, 3.63) is 0 Å². The number of rotatable bonds is 7. The molecule has 3 N–H and O–H groups in total. The maximum atomic E-state index is 11.0. The molecule has 0 aliphatic heterocycles. The van der Waals surface area contributed by atoms with E-state index in [4.69, 9.17) is 10.5 Å². The van der Waals surface area contributed by atoms with Gasteiger partial charge in [-0.05, 0) is 12.3 Å². The number of nitrogens with two attached hydrogens (primary N) is 1. The largest absolute Gasteiger partial charge is 0.465 e. The summed E-state index contributed by atoms with van der Waals surface area (Å²) in [6.45, 7) is 4.56. The summed E-state index contributed by atoms with van der Waals surface area (Å²) in [6, 6.07) is 0. The molecule has 0 bridgehead atoms. The van der Waals surface area contributed by atoms with Gasteiger partial charge >= 0.3 is 5.97 Å². The molecule has 0 aromatic heterocycles. The van der Waals surface area contributed by atoms with Gasteiger partial charge in [-0.1, -0.05) is 13.8 Å². The topological polar surface area (TPSA) is 81.4 Å². The van der Waals surface area contributed by atoms with E-state index in [-0.39, 0.29) is 19.1 Å². The van der Waals surface area contributed by atoms with Crippen LogP contribution in [-0.4, -0.2) is 31.6 Å². The monoisotopic (exact) mass is 202 g/mol. The molecule has 14 heavy (non-hydrogen) atoms. The molecule has 0 spiro atoms. The first-order valence-electron chi connectivity index (χ1n) is 4.67. The van der Waals surface area contributed by atoms with E-state index >= 15 is 0 Å². The first-order valence-corrected chi connectivity index (χ1v) is 4.67. The number of carbonyl (C=O) groups excluding carboxylic acids is 2. The first-order chi connectivity index (χ1) is 6.52. The summed E-state index contributed by atoms with van der Waals surface area (Å²) in [5.74, 6) is -0.326. The SMILES string of the molecule is CC(C)CCOC(=O)CNCC(N)=O. The zero-order chi connectivity index (χ0) is 11.0. The van der Waals surface area contributed by atoms with Crippen molar-refractivity contribution in [3.8, 4) is 0 Å². The van der Waals surface area contributed by atoms with Crippen LogP contribution in [0.4, 0.5) is 0 Å². The van der Waals surface area contributed by atoms with Gasteiger partial charge in [0, 0.05) is 0 Å². The maximum Gasteiger partial charge on any atom is 0.319 e. The number of carbonyl (C=O) groups is 2. The summed E-state index contributed by atoms with van der Waals surface area (Å²) in [6.07, 6.45) is 0.849. The first kappa shape index (κ1) is 12.9. The van der Waals surface area contributed by atoms with Crippen molar-refractivity contribution in [1.29, 1.82) is 0 Å². The minimum absolute atomic E-state index is 0.000714. The molecule has 0 unspecified atom stereocenters. The Hall–Kier alpha value is -1.10. The molecule has 0 saturated heterocycles. The lowest BCUT2D eigenvalue weighted by Gasteiger charge is -2.06. The van der Waals surface area contributed by atoms with Crippen LogP contribution >= 0.6 is 0 Å². The predicted octanol–water partition coefficient (Wildman–Crippen LogP) is -0.349. The number of ether oxygens (including phenoxy) is 1. The molecule has 0 rings (SSSR count). The van der Waals surface area contributed by atoms with E-state index in [1.807, 2.05) is 0 Å². The Morgan fingerprint density at radius 3 is 2.50 bits per heavy atom. The molecule has 0 fully saturated rings. The lowest BCUT2D eigenvalue weighted by Crippen LogP contribution is -2.33. The van der Waals surface area contributed by atoms with Crippen molar-refractivity contribution in [1.82, 2.24) is 5.32 Å². The molecular formula is C9H18N2O3. The number of hydrogen-bond donors (Lipinski definition) is 2. The van der Waals surface area contributed by atoms with Gasteiger partial charge in [-0.2, -0.15) is 0 Å². The summed E-state index contributed by atoms with van der Waals surface area (Å²) in [5.41, 5.74) is 4.86. The van der Waals surface area contributed by atoms with Gasteiger partial charge in [0.05, 0.1) is 19.7 Å². The highest BCUT2D eigenvalue weighted by Crippen LogP contribution is 1.98. The molecular weight excluding hydrogens is 184 g/mol. The Bertz CT molecular complexity index is 192. The number of nitrogens with one attached hydrogen (secondary N) is 1. The van der Waals surface area contributed by atoms with Crippen molar-refractivity contribution in [2.45, 2.75) is 20.3 Å². The van der Waals surface area contributed by atoms with Crippen LogP contribution in [0.25, 0.3) is 0 Å². The number of primary amides is 1. The second-order valence-electron chi connectivity index (χ2n) is 3.47. The molecule has 82 valence electrons. The van der Waals surface area contributed by atoms with Crippen LogP contribution in [0.1, 0.15) is 20.3 Å². The van der Waals surface area contributed by atoms with Gasteiger partial charge in [0.25, 0.3) is 0 Å². The summed E-state index contributed by atoms with van der Waals surface area (Å²) in [7, 11) is 0. The summed E-state index contributed by atoms with van der Waals surface area (Å²) in [5, 5.41) is 2.57. The fourth-order valence-corrected chi connectivity index (χ4v) is 0.747. The van der Waals surface area contributed by atoms with E-state index in [9.17, 15) is 9.59 Å². The second kappa shape index (κ2) is 7.32. The molecule has 0 saturated carbocycles. The van der Waals surface area contributed by atoms with Crippen molar-refractivity contribution in [2.24, 2.45) is 11.7 Å². The summed E-state index contributed by atoms with van der Waals surface area (Å²) >= 11 is 0. The zero-order valence-electron chi connectivity index (χ0n) is 8.71. The molecule has 0 aromatic rings. The highest BCUT2D eigenvalue weighted by Gasteiger charge is 2.03. The Kier molecular flexibility index (Phi) is 6.74. The Morgan fingerprint density at radius 2 is 2.00 bits per heavy atom. The average molecular weight is 202 g/mol. The van der Waals surface area contributed by atoms with E-state index < -0.39 is 5.91 Å². The molecule has 1 amide bonds. The van der Waals surface area contributed by atoms with Gasteiger partial charge in [-0.15, -0.1) is 0 Å². The van der Waals surface area contributed by atoms with Gasteiger partial charge < -0.3 is 10.5 Å². The molecule has 0 aliphatic carbocycles. The Morgan fingerprint density at radius 1 is 1.36 bits per heavy atom. The lowest BCUT2D eigenvalue weighted by molar-refractivity contribution is -0.142. The maximum absolute atomic E-state index is 11.0. The van der Waals surface area contributed by atoms with Crippen LogP contribution in [0.5, 0.6) is 0 Å². The fourth-order valence-electron chi connectivity index (χ4n) is 0.747. The van der Waals surface area contributed by atoms with Crippen molar-refractivity contribution >= 4 is 11.9 Å². The van der Waals surface area contributed by atoms with Crippen LogP contribution in [0.15, 0.2) is 0 Å². The molecule has 0 heterocycles. The number of hydrogen-bond acceptors (Lipinski definition) is 4. The Labute approximate surface area is 84.0 Å². The third-order valence-corrected chi connectivity index (χ3v) is 1.53. The van der Waals surface area contributed by atoms with Crippen LogP contribution in [0.3, 0.4) is 0 Å². The van der Waals surface area contributed by atoms with Gasteiger partial charge in [0.15, 0.2) is 0 Å². The van der Waals surface area contributed by atoms with Gasteiger partial charge in [-0.25, -0.2) is 0 Å². The normalized spacial score (nSPS) is 10.2. The second-order valence-corrected chi connectivity index (χ2v) is 3.47. The van der Waals surface area contributed by atoms with Crippen LogP contribution in [-0.2, 0) is 14.3 Å². The van der Waals surface area contributed by atoms with Crippen molar-refractivity contribution < 1.29 is 14.3 Å². The minimum atomic E-state index is -0.486. The number of esters is 1. The predicted molar refractivity (Wildman–Crippen MR) is 52.5 cm³/mol. The van der Waals surface area contributed by atoms with E-state index in [0.717, 1.165) is 6.42 Å². The Balaban J connectivity index is 3.33. The van der Waals surface area contributed by atoms with Gasteiger partial charge in [0.2, 0.25) is 5.91 Å². The van der Waals surface area contributed by atoms with Crippen molar-refractivity contribution in [3.63, 3.8) is 0 Å². The van der Waals surface area contributed by atoms with Crippen molar-refractivity contribution in [2.75, 3.05) is 19.7 Å². The molecule has 0 aliphatic rings. The third-order valence-electron chi connectivity index (χ3n) is 1.53. The van der Waals surface area contributed by atoms with Gasteiger partial charge in [0.1, 0.15) is 0 Å². The number of amides is 1. The van der Waals surface area contributed by atoms with E-state index in [1.165, 1.54) is 0 Å². The quantitative estimate of drug-likeness (QED) is 0.553. The van der Waals surface area contributed by atoms with Crippen LogP contribution in [0, 0.1) is 5.92 Å². The standard InChI is InChI=1S/C9H18N2O3/c1-7(2)3-4-14-9(13)6-11-5-8(10)12/h7,11H,3-6H2,1-2H3,(H2,10,12). The van der Waals surface area contributed by atoms with E-state index in [1.54, 1.807) is 0 Å². The average Bonchev–Trinajstić information content (AvgIpc) is 2.02. The molecule has 0 atom stereocenters. The minimum Gasteiger partial charge on any atom is -0.465 e. The van der Waals surface area contributed by atoms with Crippen LogP contribution < -0.4 is 11.1 Å². The lowest BCUT2D eigenvalue weighted by atomic mass is 10.1.